The molecule has 2 aromatic heterocycles. The maximum absolute atomic E-state index is 12.8. The summed E-state index contributed by atoms with van der Waals surface area (Å²) in [5, 5.41) is 16.9. The largest absolute Gasteiger partial charge is 0.356 e. The van der Waals surface area contributed by atoms with Crippen molar-refractivity contribution in [3.63, 3.8) is 0 Å². The van der Waals surface area contributed by atoms with Crippen molar-refractivity contribution < 1.29 is 9.59 Å². The molecule has 156 valence electrons. The zero-order chi connectivity index (χ0) is 21.1. The lowest BCUT2D eigenvalue weighted by Gasteiger charge is -2.28. The number of pyridine rings is 2. The van der Waals surface area contributed by atoms with Crippen LogP contribution in [0.3, 0.4) is 0 Å². The quantitative estimate of drug-likeness (QED) is 0.808. The van der Waals surface area contributed by atoms with Gasteiger partial charge in [-0.3, -0.25) is 9.59 Å². The molecule has 0 unspecified atom stereocenters. The molecule has 0 radical (unpaired) electrons. The number of carbonyl (C=O) groups is 2. The predicted molar refractivity (Wildman–Crippen MR) is 114 cm³/mol. The predicted octanol–water partition coefficient (Wildman–Crippen LogP) is 2.74. The van der Waals surface area contributed by atoms with Crippen LogP contribution in [0.5, 0.6) is 0 Å². The van der Waals surface area contributed by atoms with Crippen LogP contribution in [0.2, 0.25) is 0 Å². The third-order valence-corrected chi connectivity index (χ3v) is 5.92. The van der Waals surface area contributed by atoms with Gasteiger partial charge < -0.3 is 15.5 Å². The van der Waals surface area contributed by atoms with E-state index in [0.29, 0.717) is 17.9 Å². The van der Waals surface area contributed by atoms with Crippen molar-refractivity contribution in [3.05, 3.63) is 24.0 Å². The smallest absolute Gasteiger partial charge is 0.228 e. The van der Waals surface area contributed by atoms with Gasteiger partial charge in [-0.15, -0.1) is 0 Å². The number of anilines is 2. The Kier molecular flexibility index (Phi) is 5.79. The van der Waals surface area contributed by atoms with Gasteiger partial charge in [-0.05, 0) is 44.2 Å². The summed E-state index contributed by atoms with van der Waals surface area (Å²) in [5.41, 5.74) is 0.370. The molecule has 2 atom stereocenters. The molecule has 2 fully saturated rings. The molecule has 1 saturated heterocycles. The zero-order valence-electron chi connectivity index (χ0n) is 17.1. The zero-order valence-corrected chi connectivity index (χ0v) is 17.1. The molecule has 0 aromatic carbocycles. The fourth-order valence-electron chi connectivity index (χ4n) is 4.50. The van der Waals surface area contributed by atoms with E-state index in [9.17, 15) is 14.9 Å². The summed E-state index contributed by atoms with van der Waals surface area (Å²) in [6, 6.07) is 5.75. The van der Waals surface area contributed by atoms with Crippen LogP contribution in [-0.4, -0.2) is 40.9 Å². The van der Waals surface area contributed by atoms with Crippen LogP contribution < -0.4 is 15.5 Å². The van der Waals surface area contributed by atoms with Crippen LogP contribution in [-0.2, 0) is 9.59 Å². The number of carbonyl (C=O) groups excluding carboxylic acids is 2. The lowest BCUT2D eigenvalue weighted by Crippen LogP contribution is -2.40. The Morgan fingerprint density at radius 1 is 1.20 bits per heavy atom. The highest BCUT2D eigenvalue weighted by molar-refractivity contribution is 5.98. The van der Waals surface area contributed by atoms with Gasteiger partial charge in [-0.1, -0.05) is 6.42 Å². The lowest BCUT2D eigenvalue weighted by atomic mass is 9.85. The fraction of sp³-hybridized carbons (Fsp3) is 0.500. The van der Waals surface area contributed by atoms with Gasteiger partial charge in [0, 0.05) is 48.9 Å². The molecule has 2 amide bonds. The molecule has 30 heavy (non-hydrogen) atoms. The number of nitriles is 1. The lowest BCUT2D eigenvalue weighted by molar-refractivity contribution is -0.123. The van der Waals surface area contributed by atoms with E-state index in [1.54, 1.807) is 12.3 Å². The Morgan fingerprint density at radius 2 is 2.00 bits per heavy atom. The van der Waals surface area contributed by atoms with E-state index in [0.717, 1.165) is 61.8 Å². The minimum absolute atomic E-state index is 0.0481. The van der Waals surface area contributed by atoms with Crippen molar-refractivity contribution in [3.8, 4) is 6.07 Å². The molecule has 1 saturated carbocycles. The molecular weight excluding hydrogens is 380 g/mol. The molecule has 3 heterocycles. The average molecular weight is 406 g/mol. The van der Waals surface area contributed by atoms with Crippen molar-refractivity contribution >= 4 is 34.2 Å². The van der Waals surface area contributed by atoms with Gasteiger partial charge in [0.05, 0.1) is 0 Å². The fourth-order valence-corrected chi connectivity index (χ4v) is 4.50. The first-order chi connectivity index (χ1) is 14.5. The number of nitrogens with one attached hydrogen (secondary N) is 2. The van der Waals surface area contributed by atoms with Crippen LogP contribution in [0.1, 0.15) is 51.1 Å². The molecule has 0 spiro atoms. The van der Waals surface area contributed by atoms with E-state index in [1.165, 1.54) is 6.92 Å². The van der Waals surface area contributed by atoms with Crippen molar-refractivity contribution in [1.29, 1.82) is 5.26 Å². The van der Waals surface area contributed by atoms with Gasteiger partial charge in [-0.2, -0.15) is 5.26 Å². The van der Waals surface area contributed by atoms with E-state index < -0.39 is 0 Å². The molecule has 4 rings (SSSR count). The first kappa shape index (κ1) is 20.1. The second kappa shape index (κ2) is 8.66. The SMILES string of the molecule is CC(=O)N[C@@H]1CCC[C@H](C(=O)Nc2cc3c(N4CCCC4)nc(C#N)cc3cn2)C1. The van der Waals surface area contributed by atoms with E-state index in [-0.39, 0.29) is 23.8 Å². The summed E-state index contributed by atoms with van der Waals surface area (Å²) in [4.78, 5) is 35.3. The molecule has 2 aliphatic rings. The Labute approximate surface area is 175 Å². The van der Waals surface area contributed by atoms with Crippen molar-refractivity contribution in [2.24, 2.45) is 5.92 Å². The molecule has 8 nitrogen and oxygen atoms in total. The van der Waals surface area contributed by atoms with Gasteiger partial charge in [0.25, 0.3) is 0 Å². The number of hydrogen-bond donors (Lipinski definition) is 2. The highest BCUT2D eigenvalue weighted by Crippen LogP contribution is 2.30. The second-order valence-corrected chi connectivity index (χ2v) is 8.18. The summed E-state index contributed by atoms with van der Waals surface area (Å²) in [5.74, 6) is 0.992. The van der Waals surface area contributed by atoms with Crippen LogP contribution >= 0.6 is 0 Å². The minimum atomic E-state index is -0.148. The van der Waals surface area contributed by atoms with E-state index in [1.807, 2.05) is 6.07 Å². The number of amides is 2. The van der Waals surface area contributed by atoms with Gasteiger partial charge in [0.2, 0.25) is 11.8 Å². The van der Waals surface area contributed by atoms with Crippen molar-refractivity contribution in [2.45, 2.75) is 51.5 Å². The summed E-state index contributed by atoms with van der Waals surface area (Å²) in [6.07, 6.45) is 7.16. The average Bonchev–Trinajstić information content (AvgIpc) is 3.27. The number of aromatic nitrogens is 2. The molecule has 2 N–H and O–H groups in total. The summed E-state index contributed by atoms with van der Waals surface area (Å²) >= 11 is 0. The van der Waals surface area contributed by atoms with Crippen molar-refractivity contribution in [2.75, 3.05) is 23.3 Å². The van der Waals surface area contributed by atoms with Gasteiger partial charge in [0.15, 0.2) is 0 Å². The number of hydrogen-bond acceptors (Lipinski definition) is 6. The van der Waals surface area contributed by atoms with Crippen LogP contribution in [0, 0.1) is 17.2 Å². The maximum Gasteiger partial charge on any atom is 0.228 e. The van der Waals surface area contributed by atoms with E-state index in [2.05, 4.69) is 31.6 Å². The Bertz CT molecular complexity index is 1010. The standard InChI is InChI=1S/C22H26N6O2/c1-14(29)25-17-6-4-5-15(9-17)22(30)27-20-11-19-16(13-24-20)10-18(12-23)26-21(19)28-7-2-3-8-28/h10-11,13,15,17H,2-9H2,1H3,(H,25,29)(H,24,27,30)/t15-,17+/m0/s1. The van der Waals surface area contributed by atoms with Crippen LogP contribution in [0.25, 0.3) is 10.8 Å². The Hall–Kier alpha value is -3.21. The normalized spacial score (nSPS) is 21.3. The van der Waals surface area contributed by atoms with Crippen LogP contribution in [0.4, 0.5) is 11.6 Å². The summed E-state index contributed by atoms with van der Waals surface area (Å²) in [7, 11) is 0. The van der Waals surface area contributed by atoms with Crippen molar-refractivity contribution in [1.82, 2.24) is 15.3 Å². The topological polar surface area (TPSA) is 111 Å². The van der Waals surface area contributed by atoms with Gasteiger partial charge >= 0.3 is 0 Å². The molecule has 2 aromatic rings. The van der Waals surface area contributed by atoms with Crippen LogP contribution in [0.15, 0.2) is 18.3 Å². The Morgan fingerprint density at radius 3 is 2.73 bits per heavy atom. The summed E-state index contributed by atoms with van der Waals surface area (Å²) < 4.78 is 0. The first-order valence-electron chi connectivity index (χ1n) is 10.6. The maximum atomic E-state index is 12.8. The highest BCUT2D eigenvalue weighted by Gasteiger charge is 2.28. The highest BCUT2D eigenvalue weighted by atomic mass is 16.2. The third kappa shape index (κ3) is 4.35. The summed E-state index contributed by atoms with van der Waals surface area (Å²) in [6.45, 7) is 3.33. The first-order valence-corrected chi connectivity index (χ1v) is 10.6. The Balaban J connectivity index is 1.56. The monoisotopic (exact) mass is 406 g/mol. The molecular formula is C22H26N6O2. The second-order valence-electron chi connectivity index (χ2n) is 8.18. The van der Waals surface area contributed by atoms with Gasteiger partial charge in [-0.25, -0.2) is 9.97 Å². The third-order valence-electron chi connectivity index (χ3n) is 5.92. The van der Waals surface area contributed by atoms with E-state index in [4.69, 9.17) is 0 Å². The molecule has 1 aliphatic carbocycles. The minimum Gasteiger partial charge on any atom is -0.356 e. The van der Waals surface area contributed by atoms with Gasteiger partial charge in [0.1, 0.15) is 23.4 Å². The molecule has 1 aliphatic heterocycles. The molecule has 8 heteroatoms. The number of rotatable bonds is 4. The van der Waals surface area contributed by atoms with E-state index >= 15 is 0 Å². The number of nitrogens with zero attached hydrogens (tertiary/aromatic N) is 4. The number of fused-ring (bicyclic) bond motifs is 1. The molecule has 0 bridgehead atoms.